The van der Waals surface area contributed by atoms with Crippen LogP contribution >= 0.6 is 0 Å². The summed E-state index contributed by atoms with van der Waals surface area (Å²) in [6.07, 6.45) is 14.2. The van der Waals surface area contributed by atoms with E-state index in [2.05, 4.69) is 32.2 Å². The third-order valence-corrected chi connectivity index (χ3v) is 18.9. The minimum absolute atomic E-state index is 0.0104. The summed E-state index contributed by atoms with van der Waals surface area (Å²) in [5.74, 6) is -3.55. The summed E-state index contributed by atoms with van der Waals surface area (Å²) in [7, 11) is 6.45. The lowest BCUT2D eigenvalue weighted by molar-refractivity contribution is -0.287. The van der Waals surface area contributed by atoms with E-state index in [4.69, 9.17) is 44.3 Å². The number of piperazine rings is 1. The lowest BCUT2D eigenvalue weighted by Gasteiger charge is -2.45. The highest BCUT2D eigenvalue weighted by atomic mass is 16.7. The van der Waals surface area contributed by atoms with Gasteiger partial charge in [-0.1, -0.05) is 50.0 Å². The molecular formula is C69H96N6O15. The van der Waals surface area contributed by atoms with Gasteiger partial charge in [0.15, 0.2) is 11.5 Å². The number of amides is 2. The molecule has 21 heteroatoms. The molecule has 2 amide bonds. The Bertz CT molecular complexity index is 3030. The van der Waals surface area contributed by atoms with Gasteiger partial charge in [0.1, 0.15) is 43.3 Å². The molecule has 8 rings (SSSR count). The zero-order valence-corrected chi connectivity index (χ0v) is 54.0. The van der Waals surface area contributed by atoms with Gasteiger partial charge in [0.2, 0.25) is 11.7 Å². The Kier molecular flexibility index (Phi) is 25.7. The number of piperidine rings is 1. The Hall–Kier alpha value is -6.35. The zero-order chi connectivity index (χ0) is 64.5. The normalized spacial score (nSPS) is 29.7. The first kappa shape index (κ1) is 69.5. The van der Waals surface area contributed by atoms with Crippen LogP contribution in [-0.2, 0) is 52.4 Å². The number of terminal acetylenes is 1. The van der Waals surface area contributed by atoms with Crippen LogP contribution in [0.3, 0.4) is 0 Å². The average Bonchev–Trinajstić information content (AvgIpc) is 0.865. The van der Waals surface area contributed by atoms with Crippen molar-refractivity contribution in [3.05, 3.63) is 71.6 Å². The first-order valence-corrected chi connectivity index (χ1v) is 32.3. The van der Waals surface area contributed by atoms with Gasteiger partial charge in [0.05, 0.1) is 42.6 Å². The molecule has 0 unspecified atom stereocenters. The van der Waals surface area contributed by atoms with Crippen LogP contribution in [0.4, 0.5) is 11.5 Å². The number of benzene rings is 2. The van der Waals surface area contributed by atoms with Crippen LogP contribution in [0.2, 0.25) is 0 Å². The molecular weight excluding hydrogens is 1150 g/mol. The molecule has 1 aromatic heterocycles. The lowest BCUT2D eigenvalue weighted by Crippen LogP contribution is -2.63. The van der Waals surface area contributed by atoms with E-state index < -0.39 is 71.7 Å². The maximum absolute atomic E-state index is 14.8. The van der Waals surface area contributed by atoms with E-state index >= 15 is 0 Å². The molecule has 21 nitrogen and oxygen atoms in total. The van der Waals surface area contributed by atoms with E-state index in [1.165, 1.54) is 11.2 Å². The molecule has 1 saturated carbocycles. The number of ether oxygens (including phenoxy) is 8. The highest BCUT2D eigenvalue weighted by Crippen LogP contribution is 2.40. The number of hydrogen-bond acceptors (Lipinski definition) is 19. The smallest absolute Gasteiger partial charge is 0.329 e. The molecule has 0 radical (unpaired) electrons. The van der Waals surface area contributed by atoms with Crippen molar-refractivity contribution in [1.82, 2.24) is 24.7 Å². The van der Waals surface area contributed by atoms with Crippen molar-refractivity contribution in [3.8, 4) is 23.8 Å². The summed E-state index contributed by atoms with van der Waals surface area (Å²) in [6, 6.07) is 10.1. The molecule has 2 aromatic carbocycles. The highest BCUT2D eigenvalue weighted by molar-refractivity contribution is 6.39. The van der Waals surface area contributed by atoms with Crippen LogP contribution in [0.1, 0.15) is 130 Å². The van der Waals surface area contributed by atoms with Crippen LogP contribution in [0.5, 0.6) is 11.5 Å². The Morgan fingerprint density at radius 2 is 1.63 bits per heavy atom. The van der Waals surface area contributed by atoms with Gasteiger partial charge >= 0.3 is 5.97 Å². The zero-order valence-electron chi connectivity index (χ0n) is 54.0. The third kappa shape index (κ3) is 18.0. The molecule has 3 N–H and O–H groups in total. The second-order valence-electron chi connectivity index (χ2n) is 25.2. The number of rotatable bonds is 19. The minimum atomic E-state index is -2.50. The molecule has 2 bridgehead atoms. The van der Waals surface area contributed by atoms with Gasteiger partial charge in [-0.05, 0) is 127 Å². The first-order valence-electron chi connectivity index (χ1n) is 32.3. The standard InChI is InChI=1S/C69H96N6O15/c1-10-48-16-13-19-51(38-48)72-66-54-40-61(62(88-33-32-83-6)41-55(54)70-43-71-66)87-31-30-73-26-28-74(29-27-73)63(78)22-15-18-50-34-44(2)35-53(85-8)23-24-59-60(86-9)37-46(4)69(82,90-59)65(79)67(80)75-25-12-11-21-56(75)68(81)89-64(47(5)57(76)42-58(50)77)45(3)36-49-17-14-20-52(39-49)84-7/h1,13,16,19,34,36,38,40-41,43,46-47,49-50,52-53,56-57,59-60,64,76,82H,11-12,14-15,17-18,20-33,35,37,39,42H2,2-9H3,(H,70,71,72)/b44-34+,45-36+/t46-,47-,49+,50-,52+,53-,56+,57+,59-,60+,64-,69-/m1/s1. The number of esters is 1. The van der Waals surface area contributed by atoms with E-state index in [1.807, 2.05) is 61.2 Å². The number of nitrogens with one attached hydrogen (secondary N) is 1. The number of methoxy groups -OCH3 is 4. The van der Waals surface area contributed by atoms with Gasteiger partial charge in [0, 0.05) is 121 Å². The number of anilines is 2. The molecule has 3 saturated heterocycles. The molecule has 4 aliphatic heterocycles. The molecule has 0 spiro atoms. The number of Topliss-reactive ketones (excluding diaryl/α,β-unsaturated/α-hetero) is 2. The first-order chi connectivity index (χ1) is 43.4. The van der Waals surface area contributed by atoms with E-state index in [9.17, 15) is 34.2 Å². The molecule has 90 heavy (non-hydrogen) atoms. The van der Waals surface area contributed by atoms with Gasteiger partial charge in [-0.25, -0.2) is 14.8 Å². The second-order valence-corrected chi connectivity index (χ2v) is 25.2. The predicted octanol–water partition coefficient (Wildman–Crippen LogP) is 7.93. The summed E-state index contributed by atoms with van der Waals surface area (Å²) in [5.41, 5.74) is 3.72. The number of nitrogens with zero attached hydrogens (tertiary/aromatic N) is 5. The molecule has 4 fully saturated rings. The molecule has 5 heterocycles. The summed E-state index contributed by atoms with van der Waals surface area (Å²) in [5, 5.41) is 28.5. The second kappa shape index (κ2) is 33.3. The SMILES string of the molecule is C#Cc1cccc(Nc2ncnc3cc(OCCOC)c(OCCN4CCN(C(=O)CCC[C@@H]5/C=C(\C)C[C@H](OC)CC[C@H]6O[C@@](O)(C(=O)C(=O)N7CCCC[C@H]7C(=O)O[C@H](/C(C)=C/[C@@H]7CCC[C@H](OC)C7)[C@H](C)[C@@H](O)CC5=O)[C@H](C)C[C@@H]6OC)CC4)cc23)c1. The summed E-state index contributed by atoms with van der Waals surface area (Å²) < 4.78 is 48.1. The number of aliphatic hydroxyl groups excluding tert-OH is 1. The quantitative estimate of drug-likeness (QED) is 0.0339. The van der Waals surface area contributed by atoms with Gasteiger partial charge in [-0.15, -0.1) is 6.42 Å². The van der Waals surface area contributed by atoms with Crippen molar-refractivity contribution in [1.29, 1.82) is 0 Å². The van der Waals surface area contributed by atoms with Crippen molar-refractivity contribution < 1.29 is 72.1 Å². The monoisotopic (exact) mass is 1250 g/mol. The van der Waals surface area contributed by atoms with Gasteiger partial charge in [-0.2, -0.15) is 0 Å². The number of carbonyl (C=O) groups is 5. The minimum Gasteiger partial charge on any atom is -0.488 e. The Morgan fingerprint density at radius 3 is 2.38 bits per heavy atom. The molecule has 5 aliphatic rings. The fraction of sp³-hybridized carbons (Fsp3) is 0.638. The number of aliphatic hydroxyl groups is 2. The van der Waals surface area contributed by atoms with Crippen LogP contribution in [0.15, 0.2) is 66.0 Å². The van der Waals surface area contributed by atoms with Gasteiger partial charge in [0.25, 0.3) is 11.7 Å². The molecule has 492 valence electrons. The Balaban J connectivity index is 0.954. The average molecular weight is 1250 g/mol. The Morgan fingerprint density at radius 1 is 0.867 bits per heavy atom. The number of hydrogen-bond donors (Lipinski definition) is 3. The summed E-state index contributed by atoms with van der Waals surface area (Å²) in [6.45, 7) is 11.2. The predicted molar refractivity (Wildman–Crippen MR) is 339 cm³/mol. The maximum Gasteiger partial charge on any atom is 0.329 e. The Labute approximate surface area is 530 Å². The number of allylic oxidation sites excluding steroid dienone is 2. The summed E-state index contributed by atoms with van der Waals surface area (Å²) in [4.78, 5) is 86.6. The fourth-order valence-corrected chi connectivity index (χ4v) is 13.5. The number of cyclic esters (lactones) is 1. The van der Waals surface area contributed by atoms with Gasteiger partial charge in [-0.3, -0.25) is 24.1 Å². The van der Waals surface area contributed by atoms with Crippen molar-refractivity contribution in [2.45, 2.75) is 172 Å². The van der Waals surface area contributed by atoms with Crippen LogP contribution in [0, 0.1) is 36.0 Å². The molecule has 1 aliphatic carbocycles. The third-order valence-electron chi connectivity index (χ3n) is 18.9. The van der Waals surface area contributed by atoms with E-state index in [-0.39, 0.29) is 62.0 Å². The fourth-order valence-electron chi connectivity index (χ4n) is 13.5. The number of carbonyl (C=O) groups excluding carboxylic acids is 5. The summed E-state index contributed by atoms with van der Waals surface area (Å²) >= 11 is 0. The number of ketones is 2. The molecule has 12 atom stereocenters. The van der Waals surface area contributed by atoms with E-state index in [0.29, 0.717) is 126 Å². The number of aromatic nitrogens is 2. The maximum atomic E-state index is 14.8. The number of fused-ring (bicyclic) bond motifs is 4. The van der Waals surface area contributed by atoms with Crippen molar-refractivity contribution >= 4 is 51.8 Å². The van der Waals surface area contributed by atoms with Gasteiger partial charge < -0.3 is 63.2 Å². The van der Waals surface area contributed by atoms with Crippen molar-refractivity contribution in [3.63, 3.8) is 0 Å². The highest BCUT2D eigenvalue weighted by Gasteiger charge is 2.55. The van der Waals surface area contributed by atoms with Crippen molar-refractivity contribution in [2.24, 2.45) is 23.7 Å². The van der Waals surface area contributed by atoms with E-state index in [0.717, 1.165) is 47.9 Å². The largest absolute Gasteiger partial charge is 0.488 e. The molecule has 3 aromatic rings. The van der Waals surface area contributed by atoms with E-state index in [1.54, 1.807) is 42.3 Å². The van der Waals surface area contributed by atoms with Crippen LogP contribution < -0.4 is 14.8 Å². The lowest BCUT2D eigenvalue weighted by atomic mass is 9.82. The van der Waals surface area contributed by atoms with Crippen LogP contribution in [0.25, 0.3) is 10.9 Å². The van der Waals surface area contributed by atoms with Crippen LogP contribution in [-0.4, -0.2) is 200 Å². The topological polar surface area (TPSA) is 247 Å². The van der Waals surface area contributed by atoms with Crippen molar-refractivity contribution in [2.75, 3.05) is 92.8 Å².